The quantitative estimate of drug-likeness (QED) is 0.772. The number of nitrogens with one attached hydrogen (secondary N) is 1. The number of alkyl halides is 1. The molecule has 0 aliphatic carbocycles. The van der Waals surface area contributed by atoms with Crippen molar-refractivity contribution in [2.75, 3.05) is 0 Å². The number of hydrogen-bond acceptors (Lipinski definition) is 1. The molecule has 0 fully saturated rings. The number of H-pyrrole nitrogens is 1. The Morgan fingerprint density at radius 3 is 2.80 bits per heavy atom. The van der Waals surface area contributed by atoms with Crippen LogP contribution in [0.25, 0.3) is 11.3 Å². The highest BCUT2D eigenvalue weighted by Gasteiger charge is 2.05. The van der Waals surface area contributed by atoms with Gasteiger partial charge in [0, 0.05) is 5.56 Å². The zero-order valence-electron chi connectivity index (χ0n) is 8.84. The van der Waals surface area contributed by atoms with Crippen LogP contribution in [0.3, 0.4) is 0 Å². The van der Waals surface area contributed by atoms with Gasteiger partial charge in [0.2, 0.25) is 0 Å². The number of nitrogens with zero attached hydrogens (tertiary/aromatic N) is 1. The first kappa shape index (κ1) is 10.2. The largest absolute Gasteiger partial charge is 0.341 e. The van der Waals surface area contributed by atoms with Crippen LogP contribution in [0.15, 0.2) is 24.4 Å². The van der Waals surface area contributed by atoms with E-state index < -0.39 is 0 Å². The van der Waals surface area contributed by atoms with Crippen molar-refractivity contribution in [2.45, 2.75) is 19.7 Å². The maximum Gasteiger partial charge on any atom is 0.121 e. The second kappa shape index (κ2) is 4.07. The minimum absolute atomic E-state index is 0.421. The number of benzene rings is 1. The Balaban J connectivity index is 2.48. The van der Waals surface area contributed by atoms with Crippen LogP contribution in [0.2, 0.25) is 0 Å². The molecule has 0 saturated carbocycles. The van der Waals surface area contributed by atoms with Crippen molar-refractivity contribution in [1.29, 1.82) is 0 Å². The van der Waals surface area contributed by atoms with Crippen molar-refractivity contribution in [3.05, 3.63) is 41.3 Å². The zero-order valence-corrected chi connectivity index (χ0v) is 9.60. The molecule has 0 amide bonds. The maximum absolute atomic E-state index is 5.71. The Morgan fingerprint density at radius 1 is 1.33 bits per heavy atom. The molecule has 0 aliphatic heterocycles. The van der Waals surface area contributed by atoms with Crippen molar-refractivity contribution in [1.82, 2.24) is 9.97 Å². The zero-order chi connectivity index (χ0) is 10.8. The highest BCUT2D eigenvalue weighted by atomic mass is 35.5. The lowest BCUT2D eigenvalue weighted by molar-refractivity contribution is 1.12. The fraction of sp³-hybridized carbons (Fsp3) is 0.250. The minimum atomic E-state index is 0.421. The van der Waals surface area contributed by atoms with Crippen LogP contribution in [0.5, 0.6) is 0 Å². The van der Waals surface area contributed by atoms with Crippen molar-refractivity contribution in [3.8, 4) is 11.3 Å². The van der Waals surface area contributed by atoms with Crippen molar-refractivity contribution < 1.29 is 0 Å². The summed E-state index contributed by atoms with van der Waals surface area (Å²) >= 11 is 5.71. The van der Waals surface area contributed by atoms with Gasteiger partial charge in [0.25, 0.3) is 0 Å². The number of aryl methyl sites for hydroxylation is 2. The summed E-state index contributed by atoms with van der Waals surface area (Å²) in [7, 11) is 0. The molecule has 0 radical (unpaired) electrons. The molecule has 3 heteroatoms. The third kappa shape index (κ3) is 2.05. The molecule has 2 nitrogen and oxygen atoms in total. The van der Waals surface area contributed by atoms with Crippen LogP contribution in [0.1, 0.15) is 17.0 Å². The fourth-order valence-electron chi connectivity index (χ4n) is 1.59. The Hall–Kier alpha value is -1.28. The molecule has 1 N–H and O–H groups in total. The standard InChI is InChI=1S/C12H13ClN2/c1-8-3-4-9(2)10(5-8)11-7-14-12(6-13)15-11/h3-5,7H,6H2,1-2H3,(H,14,15). The Labute approximate surface area is 94.3 Å². The van der Waals surface area contributed by atoms with Crippen molar-refractivity contribution in [2.24, 2.45) is 0 Å². The van der Waals surface area contributed by atoms with Crippen LogP contribution in [0, 0.1) is 13.8 Å². The molecule has 0 saturated heterocycles. The van der Waals surface area contributed by atoms with E-state index in [1.165, 1.54) is 16.7 Å². The monoisotopic (exact) mass is 220 g/mol. The summed E-state index contributed by atoms with van der Waals surface area (Å²) < 4.78 is 0. The highest BCUT2D eigenvalue weighted by molar-refractivity contribution is 6.16. The molecule has 78 valence electrons. The molecule has 0 atom stereocenters. The summed E-state index contributed by atoms with van der Waals surface area (Å²) in [6.45, 7) is 4.18. The molecule has 1 aromatic carbocycles. The van der Waals surface area contributed by atoms with E-state index >= 15 is 0 Å². The van der Waals surface area contributed by atoms with Crippen LogP contribution >= 0.6 is 11.6 Å². The van der Waals surface area contributed by atoms with E-state index in [4.69, 9.17) is 11.6 Å². The van der Waals surface area contributed by atoms with E-state index in [0.29, 0.717) is 5.88 Å². The van der Waals surface area contributed by atoms with Gasteiger partial charge in [0.15, 0.2) is 0 Å². The van der Waals surface area contributed by atoms with Crippen LogP contribution < -0.4 is 0 Å². The lowest BCUT2D eigenvalue weighted by Crippen LogP contribution is -1.85. The summed E-state index contributed by atoms with van der Waals surface area (Å²) in [5.41, 5.74) is 4.72. The molecular formula is C12H13ClN2. The van der Waals surface area contributed by atoms with Crippen LogP contribution in [0.4, 0.5) is 0 Å². The molecule has 0 unspecified atom stereocenters. The van der Waals surface area contributed by atoms with Gasteiger partial charge in [-0.2, -0.15) is 0 Å². The number of imidazole rings is 1. The molecule has 1 heterocycles. The lowest BCUT2D eigenvalue weighted by atomic mass is 10.0. The first-order valence-corrected chi connectivity index (χ1v) is 5.41. The predicted octanol–water partition coefficient (Wildman–Crippen LogP) is 3.43. The molecular weight excluding hydrogens is 208 g/mol. The number of rotatable bonds is 2. The Kier molecular flexibility index (Phi) is 2.78. The van der Waals surface area contributed by atoms with Gasteiger partial charge in [-0.1, -0.05) is 17.7 Å². The summed E-state index contributed by atoms with van der Waals surface area (Å²) in [5, 5.41) is 0. The van der Waals surface area contributed by atoms with E-state index in [-0.39, 0.29) is 0 Å². The van der Waals surface area contributed by atoms with Gasteiger partial charge < -0.3 is 4.98 Å². The second-order valence-corrected chi connectivity index (χ2v) is 3.96. The summed E-state index contributed by atoms with van der Waals surface area (Å²) in [6, 6.07) is 6.38. The van der Waals surface area contributed by atoms with Crippen molar-refractivity contribution >= 4 is 11.6 Å². The second-order valence-electron chi connectivity index (χ2n) is 3.70. The van der Waals surface area contributed by atoms with Gasteiger partial charge in [-0.15, -0.1) is 11.6 Å². The molecule has 0 bridgehead atoms. The van der Waals surface area contributed by atoms with Gasteiger partial charge in [-0.25, -0.2) is 4.98 Å². The van der Waals surface area contributed by atoms with Crippen molar-refractivity contribution in [3.63, 3.8) is 0 Å². The first-order chi connectivity index (χ1) is 7.20. The third-order valence-corrected chi connectivity index (χ3v) is 2.69. The van der Waals surface area contributed by atoms with Gasteiger partial charge in [0.05, 0.1) is 17.8 Å². The molecule has 2 aromatic rings. The normalized spacial score (nSPS) is 10.6. The van der Waals surface area contributed by atoms with Gasteiger partial charge in [-0.3, -0.25) is 0 Å². The SMILES string of the molecule is Cc1ccc(C)c(-c2cnc(CCl)[nH]2)c1. The average Bonchev–Trinajstić information content (AvgIpc) is 2.70. The fourth-order valence-corrected chi connectivity index (χ4v) is 1.73. The number of aromatic nitrogens is 2. The predicted molar refractivity (Wildman–Crippen MR) is 63.1 cm³/mol. The molecule has 1 aromatic heterocycles. The maximum atomic E-state index is 5.71. The van der Waals surface area contributed by atoms with E-state index in [2.05, 4.69) is 42.0 Å². The Morgan fingerprint density at radius 2 is 2.13 bits per heavy atom. The Bertz CT molecular complexity index is 474. The molecule has 0 spiro atoms. The van der Waals surface area contributed by atoms with E-state index in [1.807, 2.05) is 6.20 Å². The number of aromatic amines is 1. The number of halogens is 1. The third-order valence-electron chi connectivity index (χ3n) is 2.44. The van der Waals surface area contributed by atoms with Crippen LogP contribution in [-0.2, 0) is 5.88 Å². The van der Waals surface area contributed by atoms with E-state index in [0.717, 1.165) is 11.5 Å². The summed E-state index contributed by atoms with van der Waals surface area (Å²) in [4.78, 5) is 7.40. The topological polar surface area (TPSA) is 28.7 Å². The highest BCUT2D eigenvalue weighted by Crippen LogP contribution is 2.22. The van der Waals surface area contributed by atoms with Gasteiger partial charge >= 0.3 is 0 Å². The smallest absolute Gasteiger partial charge is 0.121 e. The average molecular weight is 221 g/mol. The van der Waals surface area contributed by atoms with E-state index in [1.54, 1.807) is 0 Å². The number of hydrogen-bond donors (Lipinski definition) is 1. The first-order valence-electron chi connectivity index (χ1n) is 4.88. The van der Waals surface area contributed by atoms with Gasteiger partial charge in [-0.05, 0) is 25.5 Å². The summed E-state index contributed by atoms with van der Waals surface area (Å²) in [6.07, 6.45) is 1.83. The molecule has 2 rings (SSSR count). The lowest BCUT2D eigenvalue weighted by Gasteiger charge is -2.04. The summed E-state index contributed by atoms with van der Waals surface area (Å²) in [5.74, 6) is 1.23. The van der Waals surface area contributed by atoms with Gasteiger partial charge in [0.1, 0.15) is 5.82 Å². The minimum Gasteiger partial charge on any atom is -0.341 e. The van der Waals surface area contributed by atoms with E-state index in [9.17, 15) is 0 Å². The molecule has 0 aliphatic rings. The molecule has 15 heavy (non-hydrogen) atoms. The van der Waals surface area contributed by atoms with Crippen LogP contribution in [-0.4, -0.2) is 9.97 Å².